The summed E-state index contributed by atoms with van der Waals surface area (Å²) >= 11 is 5.72. The largest absolute Gasteiger partial charge is 0.495 e. The molecule has 4 rings (SSSR count). The summed E-state index contributed by atoms with van der Waals surface area (Å²) in [4.78, 5) is 22.0. The maximum absolute atomic E-state index is 12.1. The average Bonchev–Trinajstić information content (AvgIpc) is 3.42. The van der Waals surface area contributed by atoms with Crippen molar-refractivity contribution in [2.45, 2.75) is 12.1 Å². The Morgan fingerprint density at radius 2 is 2.10 bits per heavy atom. The SMILES string of the molecule is COCC(=O)Nc1cc(N2C(=S)N[C@H](c3ccccn3)[C@H]2c2ccc[nH]2)ccc1OC. The lowest BCUT2D eigenvalue weighted by Gasteiger charge is -2.27. The van der Waals surface area contributed by atoms with Crippen LogP contribution in [0, 0.1) is 0 Å². The molecule has 0 radical (unpaired) electrons. The Labute approximate surface area is 185 Å². The van der Waals surface area contributed by atoms with Gasteiger partial charge in [0.05, 0.1) is 24.5 Å². The van der Waals surface area contributed by atoms with Crippen LogP contribution in [-0.4, -0.2) is 41.8 Å². The van der Waals surface area contributed by atoms with Gasteiger partial charge in [-0.3, -0.25) is 9.78 Å². The minimum absolute atomic E-state index is 0.0517. The van der Waals surface area contributed by atoms with Crippen molar-refractivity contribution >= 4 is 34.6 Å². The molecule has 0 unspecified atom stereocenters. The molecule has 9 heteroatoms. The maximum Gasteiger partial charge on any atom is 0.250 e. The Hall–Kier alpha value is -3.43. The lowest BCUT2D eigenvalue weighted by atomic mass is 10.0. The number of rotatable bonds is 7. The second-order valence-corrected chi connectivity index (χ2v) is 7.37. The van der Waals surface area contributed by atoms with Crippen LogP contribution in [0.25, 0.3) is 0 Å². The van der Waals surface area contributed by atoms with Crippen molar-refractivity contribution in [2.24, 2.45) is 0 Å². The number of hydrogen-bond acceptors (Lipinski definition) is 5. The van der Waals surface area contributed by atoms with Crippen molar-refractivity contribution in [1.82, 2.24) is 15.3 Å². The number of anilines is 2. The highest BCUT2D eigenvalue weighted by Gasteiger charge is 2.41. The number of carbonyl (C=O) groups excluding carboxylic acids is 1. The molecular weight excluding hydrogens is 414 g/mol. The summed E-state index contributed by atoms with van der Waals surface area (Å²) in [5, 5.41) is 6.80. The number of pyridine rings is 1. The molecule has 1 saturated heterocycles. The zero-order chi connectivity index (χ0) is 21.8. The van der Waals surface area contributed by atoms with Crippen LogP contribution < -0.4 is 20.3 Å². The van der Waals surface area contributed by atoms with Gasteiger partial charge in [-0.1, -0.05) is 6.07 Å². The number of aromatic amines is 1. The fraction of sp³-hybridized carbons (Fsp3) is 0.227. The van der Waals surface area contributed by atoms with E-state index in [2.05, 4.69) is 20.6 Å². The van der Waals surface area contributed by atoms with Crippen molar-refractivity contribution in [3.63, 3.8) is 0 Å². The monoisotopic (exact) mass is 437 g/mol. The summed E-state index contributed by atoms with van der Waals surface area (Å²) in [5.74, 6) is 0.274. The molecule has 0 saturated carbocycles. The second-order valence-electron chi connectivity index (χ2n) is 6.99. The first-order valence-corrected chi connectivity index (χ1v) is 10.1. The lowest BCUT2D eigenvalue weighted by Crippen LogP contribution is -2.29. The molecule has 2 atom stereocenters. The van der Waals surface area contributed by atoms with Crippen molar-refractivity contribution in [1.29, 1.82) is 0 Å². The molecule has 2 aromatic heterocycles. The van der Waals surface area contributed by atoms with E-state index < -0.39 is 0 Å². The van der Waals surface area contributed by atoms with Gasteiger partial charge >= 0.3 is 0 Å². The molecule has 1 amide bonds. The first-order valence-electron chi connectivity index (χ1n) is 9.73. The predicted molar refractivity (Wildman–Crippen MR) is 122 cm³/mol. The standard InChI is InChI=1S/C22H23N5O3S/c1-29-13-19(28)25-17-12-14(8-9-18(17)30-2)27-21(16-7-5-11-24-16)20(26-22(27)31)15-6-3-4-10-23-15/h3-12,20-21,24H,13H2,1-2H3,(H,25,28)(H,26,31)/t20-,21-/m1/s1. The van der Waals surface area contributed by atoms with Gasteiger partial charge in [0.1, 0.15) is 18.4 Å². The molecule has 3 N–H and O–H groups in total. The van der Waals surface area contributed by atoms with Crippen molar-refractivity contribution in [2.75, 3.05) is 31.0 Å². The van der Waals surface area contributed by atoms with Gasteiger partial charge in [0.15, 0.2) is 5.11 Å². The Morgan fingerprint density at radius 1 is 1.23 bits per heavy atom. The summed E-state index contributed by atoms with van der Waals surface area (Å²) in [6.07, 6.45) is 3.65. The fourth-order valence-corrected chi connectivity index (χ4v) is 4.08. The number of nitrogens with zero attached hydrogens (tertiary/aromatic N) is 2. The van der Waals surface area contributed by atoms with Gasteiger partial charge in [0.25, 0.3) is 0 Å². The average molecular weight is 438 g/mol. The number of hydrogen-bond donors (Lipinski definition) is 3. The first-order chi connectivity index (χ1) is 15.1. The summed E-state index contributed by atoms with van der Waals surface area (Å²) in [6.45, 7) is -0.0517. The second kappa shape index (κ2) is 9.15. The van der Waals surface area contributed by atoms with Gasteiger partial charge in [0.2, 0.25) is 5.91 Å². The van der Waals surface area contributed by atoms with Crippen LogP contribution >= 0.6 is 12.2 Å². The molecule has 0 aliphatic carbocycles. The third-order valence-corrected chi connectivity index (χ3v) is 5.36. The zero-order valence-corrected chi connectivity index (χ0v) is 18.0. The third kappa shape index (κ3) is 4.23. The van der Waals surface area contributed by atoms with Crippen LogP contribution in [0.1, 0.15) is 23.5 Å². The molecule has 1 aliphatic rings. The molecule has 8 nitrogen and oxygen atoms in total. The van der Waals surface area contributed by atoms with Crippen LogP contribution in [0.5, 0.6) is 5.75 Å². The van der Waals surface area contributed by atoms with E-state index >= 15 is 0 Å². The number of nitrogens with one attached hydrogen (secondary N) is 3. The van der Waals surface area contributed by atoms with Crippen molar-refractivity contribution in [3.05, 3.63) is 72.3 Å². The quantitative estimate of drug-likeness (QED) is 0.489. The van der Waals surface area contributed by atoms with Gasteiger partial charge in [0, 0.05) is 30.9 Å². The molecule has 0 bridgehead atoms. The van der Waals surface area contributed by atoms with Crippen molar-refractivity contribution < 1.29 is 14.3 Å². The van der Waals surface area contributed by atoms with Crippen LogP contribution in [0.2, 0.25) is 0 Å². The maximum atomic E-state index is 12.1. The highest BCUT2D eigenvalue weighted by molar-refractivity contribution is 7.80. The van der Waals surface area contributed by atoms with Gasteiger partial charge in [-0.15, -0.1) is 0 Å². The van der Waals surface area contributed by atoms with E-state index in [4.69, 9.17) is 21.7 Å². The molecule has 3 aromatic rings. The van der Waals surface area contributed by atoms with Crippen LogP contribution in [0.4, 0.5) is 11.4 Å². The summed E-state index contributed by atoms with van der Waals surface area (Å²) in [5.41, 5.74) is 3.22. The molecule has 31 heavy (non-hydrogen) atoms. The van der Waals surface area contributed by atoms with E-state index in [1.165, 1.54) is 7.11 Å². The minimum atomic E-state index is -0.271. The normalized spacial score (nSPS) is 18.0. The van der Waals surface area contributed by atoms with E-state index in [0.717, 1.165) is 17.1 Å². The number of ether oxygens (including phenoxy) is 2. The Bertz CT molecular complexity index is 1060. The van der Waals surface area contributed by atoms with Crippen LogP contribution in [0.15, 0.2) is 60.9 Å². The minimum Gasteiger partial charge on any atom is -0.495 e. The summed E-state index contributed by atoms with van der Waals surface area (Å²) in [7, 11) is 3.03. The van der Waals surface area contributed by atoms with Crippen LogP contribution in [-0.2, 0) is 9.53 Å². The smallest absolute Gasteiger partial charge is 0.250 e. The van der Waals surface area contributed by atoms with E-state index in [0.29, 0.717) is 16.5 Å². The lowest BCUT2D eigenvalue weighted by molar-refractivity contribution is -0.119. The first kappa shape index (κ1) is 20.8. The number of carbonyl (C=O) groups is 1. The fourth-order valence-electron chi connectivity index (χ4n) is 3.74. The Kier molecular flexibility index (Phi) is 6.15. The topological polar surface area (TPSA) is 91.5 Å². The van der Waals surface area contributed by atoms with Gasteiger partial charge in [-0.25, -0.2) is 0 Å². The molecule has 1 aromatic carbocycles. The highest BCUT2D eigenvalue weighted by atomic mass is 32.1. The van der Waals surface area contributed by atoms with E-state index in [-0.39, 0.29) is 24.6 Å². The van der Waals surface area contributed by atoms with E-state index in [1.807, 2.05) is 53.6 Å². The van der Waals surface area contributed by atoms with Gasteiger partial charge in [-0.05, 0) is 54.7 Å². The molecule has 160 valence electrons. The molecular formula is C22H23N5O3S. The van der Waals surface area contributed by atoms with Crippen LogP contribution in [0.3, 0.4) is 0 Å². The Balaban J connectivity index is 1.75. The summed E-state index contributed by atoms with van der Waals surface area (Å²) in [6, 6.07) is 15.0. The van der Waals surface area contributed by atoms with Gasteiger partial charge in [-0.2, -0.15) is 0 Å². The predicted octanol–water partition coefficient (Wildman–Crippen LogP) is 3.18. The third-order valence-electron chi connectivity index (χ3n) is 5.05. The summed E-state index contributed by atoms with van der Waals surface area (Å²) < 4.78 is 10.3. The van der Waals surface area contributed by atoms with E-state index in [9.17, 15) is 4.79 Å². The molecule has 0 spiro atoms. The molecule has 3 heterocycles. The zero-order valence-electron chi connectivity index (χ0n) is 17.2. The number of aromatic nitrogens is 2. The molecule has 1 aliphatic heterocycles. The number of H-pyrrole nitrogens is 1. The van der Waals surface area contributed by atoms with Crippen molar-refractivity contribution in [3.8, 4) is 5.75 Å². The Morgan fingerprint density at radius 3 is 2.77 bits per heavy atom. The number of thiocarbonyl (C=S) groups is 1. The number of amides is 1. The van der Waals surface area contributed by atoms with Gasteiger partial charge < -0.3 is 30.0 Å². The van der Waals surface area contributed by atoms with E-state index in [1.54, 1.807) is 19.4 Å². The number of benzene rings is 1. The highest BCUT2D eigenvalue weighted by Crippen LogP contribution is 2.42. The molecule has 1 fully saturated rings. The number of methoxy groups -OCH3 is 2.